The van der Waals surface area contributed by atoms with E-state index in [1.54, 1.807) is 20.1 Å². The SMILES string of the molecule is COc1ccc(-c2nnc(SCc3cccc([N+](=O)[O-])c3C)n2C)cc1. The van der Waals surface area contributed by atoms with Crippen LogP contribution in [0.3, 0.4) is 0 Å². The minimum absolute atomic E-state index is 0.139. The van der Waals surface area contributed by atoms with Crippen LogP contribution in [0.5, 0.6) is 5.75 Å². The number of hydrogen-bond donors (Lipinski definition) is 0. The Bertz CT molecular complexity index is 938. The molecule has 1 heterocycles. The zero-order valence-electron chi connectivity index (χ0n) is 14.7. The van der Waals surface area contributed by atoms with E-state index in [1.807, 2.05) is 41.9 Å². The topological polar surface area (TPSA) is 83.1 Å². The van der Waals surface area contributed by atoms with E-state index in [-0.39, 0.29) is 10.6 Å². The highest BCUT2D eigenvalue weighted by Crippen LogP contribution is 2.29. The number of nitro groups is 1. The van der Waals surface area contributed by atoms with Crippen molar-refractivity contribution in [2.75, 3.05) is 7.11 Å². The van der Waals surface area contributed by atoms with E-state index in [1.165, 1.54) is 17.8 Å². The lowest BCUT2D eigenvalue weighted by Crippen LogP contribution is -1.97. The summed E-state index contributed by atoms with van der Waals surface area (Å²) >= 11 is 1.50. The van der Waals surface area contributed by atoms with Crippen LogP contribution in [0.1, 0.15) is 11.1 Å². The van der Waals surface area contributed by atoms with Crippen molar-refractivity contribution >= 4 is 17.4 Å². The van der Waals surface area contributed by atoms with E-state index in [9.17, 15) is 10.1 Å². The molecule has 8 heteroatoms. The van der Waals surface area contributed by atoms with Gasteiger partial charge in [0.2, 0.25) is 0 Å². The maximum Gasteiger partial charge on any atom is 0.272 e. The highest BCUT2D eigenvalue weighted by atomic mass is 32.2. The number of benzene rings is 2. The Morgan fingerprint density at radius 1 is 1.19 bits per heavy atom. The van der Waals surface area contributed by atoms with Gasteiger partial charge >= 0.3 is 0 Å². The van der Waals surface area contributed by atoms with E-state index >= 15 is 0 Å². The highest BCUT2D eigenvalue weighted by Gasteiger charge is 2.15. The lowest BCUT2D eigenvalue weighted by Gasteiger charge is -2.07. The number of aromatic nitrogens is 3. The summed E-state index contributed by atoms with van der Waals surface area (Å²) in [6, 6.07) is 12.8. The molecule has 0 bridgehead atoms. The smallest absolute Gasteiger partial charge is 0.272 e. The third-order valence-corrected chi connectivity index (χ3v) is 5.22. The zero-order chi connectivity index (χ0) is 18.7. The van der Waals surface area contributed by atoms with Crippen LogP contribution in [0, 0.1) is 17.0 Å². The maximum absolute atomic E-state index is 11.1. The van der Waals surface area contributed by atoms with Crippen LogP contribution in [0.25, 0.3) is 11.4 Å². The van der Waals surface area contributed by atoms with Crippen molar-refractivity contribution in [3.63, 3.8) is 0 Å². The molecular weight excluding hydrogens is 352 g/mol. The first kappa shape index (κ1) is 17.9. The van der Waals surface area contributed by atoms with Gasteiger partial charge in [-0.3, -0.25) is 10.1 Å². The summed E-state index contributed by atoms with van der Waals surface area (Å²) in [4.78, 5) is 10.7. The molecule has 0 aliphatic heterocycles. The Kier molecular flexibility index (Phi) is 5.22. The van der Waals surface area contributed by atoms with Crippen LogP contribution < -0.4 is 4.74 Å². The van der Waals surface area contributed by atoms with Gasteiger partial charge in [0.1, 0.15) is 5.75 Å². The first-order valence-electron chi connectivity index (χ1n) is 7.90. The number of hydrogen-bond acceptors (Lipinski definition) is 6. The normalized spacial score (nSPS) is 10.7. The largest absolute Gasteiger partial charge is 0.497 e. The minimum atomic E-state index is -0.354. The van der Waals surface area contributed by atoms with Crippen LogP contribution in [0.4, 0.5) is 5.69 Å². The molecule has 2 aromatic carbocycles. The predicted octanol–water partition coefficient (Wildman–Crippen LogP) is 4.00. The Hall–Kier alpha value is -2.87. The van der Waals surface area contributed by atoms with Gasteiger partial charge in [-0.1, -0.05) is 23.9 Å². The molecule has 3 aromatic rings. The molecule has 0 amide bonds. The van der Waals surface area contributed by atoms with Gasteiger partial charge in [0.15, 0.2) is 11.0 Å². The summed E-state index contributed by atoms with van der Waals surface area (Å²) < 4.78 is 7.09. The van der Waals surface area contributed by atoms with Gasteiger partial charge in [-0.15, -0.1) is 10.2 Å². The highest BCUT2D eigenvalue weighted by molar-refractivity contribution is 7.98. The molecule has 0 radical (unpaired) electrons. The van der Waals surface area contributed by atoms with Crippen LogP contribution >= 0.6 is 11.8 Å². The summed E-state index contributed by atoms with van der Waals surface area (Å²) in [6.07, 6.45) is 0. The van der Waals surface area contributed by atoms with E-state index in [0.717, 1.165) is 27.9 Å². The average molecular weight is 370 g/mol. The fraction of sp³-hybridized carbons (Fsp3) is 0.222. The van der Waals surface area contributed by atoms with E-state index in [0.29, 0.717) is 11.3 Å². The molecular formula is C18H18N4O3S. The maximum atomic E-state index is 11.1. The van der Waals surface area contributed by atoms with E-state index < -0.39 is 0 Å². The first-order valence-corrected chi connectivity index (χ1v) is 8.89. The number of rotatable bonds is 6. The number of nitrogens with zero attached hydrogens (tertiary/aromatic N) is 4. The third-order valence-electron chi connectivity index (χ3n) is 4.15. The first-order chi connectivity index (χ1) is 12.5. The molecule has 0 saturated heterocycles. The molecule has 0 aliphatic rings. The van der Waals surface area contributed by atoms with Crippen LogP contribution in [-0.4, -0.2) is 26.8 Å². The van der Waals surface area contributed by atoms with Crippen LogP contribution in [0.15, 0.2) is 47.6 Å². The molecule has 0 N–H and O–H groups in total. The standard InChI is InChI=1S/C18H18N4O3S/c1-12-14(5-4-6-16(12)22(23)24)11-26-18-20-19-17(21(18)2)13-7-9-15(25-3)10-8-13/h4-10H,11H2,1-3H3. The minimum Gasteiger partial charge on any atom is -0.497 e. The summed E-state index contributed by atoms with van der Waals surface area (Å²) in [5.74, 6) is 2.12. The van der Waals surface area contributed by atoms with E-state index in [4.69, 9.17) is 4.74 Å². The molecule has 3 rings (SSSR count). The molecule has 0 saturated carbocycles. The Balaban J connectivity index is 1.79. The molecule has 1 aromatic heterocycles. The lowest BCUT2D eigenvalue weighted by molar-refractivity contribution is -0.385. The number of ether oxygens (including phenoxy) is 1. The van der Waals surface area contributed by atoms with Crippen LogP contribution in [-0.2, 0) is 12.8 Å². The van der Waals surface area contributed by atoms with Crippen molar-refractivity contribution in [2.24, 2.45) is 7.05 Å². The Morgan fingerprint density at radius 3 is 2.58 bits per heavy atom. The lowest BCUT2D eigenvalue weighted by atomic mass is 10.1. The predicted molar refractivity (Wildman–Crippen MR) is 100 cm³/mol. The van der Waals surface area contributed by atoms with E-state index in [2.05, 4.69) is 10.2 Å². The second kappa shape index (κ2) is 7.57. The van der Waals surface area contributed by atoms with Gasteiger partial charge in [-0.25, -0.2) is 0 Å². The van der Waals surface area contributed by atoms with Crippen LogP contribution in [0.2, 0.25) is 0 Å². The monoisotopic (exact) mass is 370 g/mol. The molecule has 0 fully saturated rings. The average Bonchev–Trinajstić information content (AvgIpc) is 3.01. The van der Waals surface area contributed by atoms with Crippen molar-refractivity contribution in [3.05, 3.63) is 63.7 Å². The summed E-state index contributed by atoms with van der Waals surface area (Å²) in [7, 11) is 3.53. The summed E-state index contributed by atoms with van der Waals surface area (Å²) in [5.41, 5.74) is 2.68. The summed E-state index contributed by atoms with van der Waals surface area (Å²) in [6.45, 7) is 1.77. The fourth-order valence-electron chi connectivity index (χ4n) is 2.60. The van der Waals surface area contributed by atoms with Crippen molar-refractivity contribution in [1.82, 2.24) is 14.8 Å². The third kappa shape index (κ3) is 3.55. The number of thioether (sulfide) groups is 1. The van der Waals surface area contributed by atoms with Crippen molar-refractivity contribution in [3.8, 4) is 17.1 Å². The van der Waals surface area contributed by atoms with Gasteiger partial charge in [0, 0.05) is 30.0 Å². The fourth-order valence-corrected chi connectivity index (χ4v) is 3.57. The number of nitro benzene ring substituents is 1. The van der Waals surface area contributed by atoms with Crippen molar-refractivity contribution < 1.29 is 9.66 Å². The molecule has 0 spiro atoms. The van der Waals surface area contributed by atoms with Crippen molar-refractivity contribution in [1.29, 1.82) is 0 Å². The Morgan fingerprint density at radius 2 is 1.92 bits per heavy atom. The molecule has 0 unspecified atom stereocenters. The van der Waals surface area contributed by atoms with Gasteiger partial charge in [-0.05, 0) is 36.8 Å². The van der Waals surface area contributed by atoms with Crippen molar-refractivity contribution in [2.45, 2.75) is 17.8 Å². The molecule has 134 valence electrons. The zero-order valence-corrected chi connectivity index (χ0v) is 15.5. The van der Waals surface area contributed by atoms with Gasteiger partial charge < -0.3 is 9.30 Å². The molecule has 26 heavy (non-hydrogen) atoms. The van der Waals surface area contributed by atoms with Gasteiger partial charge in [0.25, 0.3) is 5.69 Å². The quantitative estimate of drug-likeness (QED) is 0.370. The second-order valence-electron chi connectivity index (χ2n) is 5.70. The molecule has 0 aliphatic carbocycles. The van der Waals surface area contributed by atoms with Gasteiger partial charge in [-0.2, -0.15) is 0 Å². The molecule has 0 atom stereocenters. The second-order valence-corrected chi connectivity index (χ2v) is 6.64. The summed E-state index contributed by atoms with van der Waals surface area (Å²) in [5, 5.41) is 20.3. The Labute approximate surface area is 155 Å². The molecule has 7 nitrogen and oxygen atoms in total. The van der Waals surface area contributed by atoms with Gasteiger partial charge in [0.05, 0.1) is 12.0 Å². The number of methoxy groups -OCH3 is 1.